The number of hydrogen-bond donors (Lipinski definition) is 1. The van der Waals surface area contributed by atoms with Crippen LogP contribution in [-0.4, -0.2) is 24.0 Å². The van der Waals surface area contributed by atoms with Crippen LogP contribution >= 0.6 is 0 Å². The maximum atomic E-state index is 5.97. The van der Waals surface area contributed by atoms with Crippen LogP contribution in [0.15, 0.2) is 24.3 Å². The van der Waals surface area contributed by atoms with Crippen molar-refractivity contribution in [2.75, 3.05) is 13.1 Å². The molecular weight excluding hydrogens is 184 g/mol. The fraction of sp³-hybridized carbons (Fsp3) is 0.538. The Hall–Kier alpha value is -0.860. The average Bonchev–Trinajstić information content (AvgIpc) is 2.17. The molecule has 2 N–H and O–H groups in total. The first-order valence-corrected chi connectivity index (χ1v) is 5.77. The van der Waals surface area contributed by atoms with Gasteiger partial charge in [-0.05, 0) is 31.9 Å². The molecule has 0 aliphatic carbocycles. The highest BCUT2D eigenvalue weighted by Gasteiger charge is 2.16. The molecule has 0 radical (unpaired) electrons. The molecule has 0 bridgehead atoms. The summed E-state index contributed by atoms with van der Waals surface area (Å²) in [5, 5.41) is 0. The number of benzene rings is 1. The minimum absolute atomic E-state index is 0.378. The predicted octanol–water partition coefficient (Wildman–Crippen LogP) is 1.92. The van der Waals surface area contributed by atoms with Gasteiger partial charge in [0.1, 0.15) is 0 Å². The van der Waals surface area contributed by atoms with Crippen molar-refractivity contribution in [1.82, 2.24) is 4.90 Å². The van der Waals surface area contributed by atoms with E-state index in [4.69, 9.17) is 5.73 Å². The summed E-state index contributed by atoms with van der Waals surface area (Å²) >= 11 is 0. The molecule has 82 valence electrons. The highest BCUT2D eigenvalue weighted by Crippen LogP contribution is 2.13. The Morgan fingerprint density at radius 1 is 1.47 bits per heavy atom. The summed E-state index contributed by atoms with van der Waals surface area (Å²) in [6, 6.07) is 9.12. The average molecular weight is 204 g/mol. The fourth-order valence-electron chi connectivity index (χ4n) is 2.30. The van der Waals surface area contributed by atoms with Gasteiger partial charge in [-0.2, -0.15) is 0 Å². The van der Waals surface area contributed by atoms with Gasteiger partial charge < -0.3 is 5.73 Å². The molecule has 0 unspecified atom stereocenters. The largest absolute Gasteiger partial charge is 0.327 e. The third-order valence-corrected chi connectivity index (χ3v) is 3.03. The lowest BCUT2D eigenvalue weighted by molar-refractivity contribution is 0.201. The second-order valence-electron chi connectivity index (χ2n) is 4.63. The first-order valence-electron chi connectivity index (χ1n) is 5.77. The summed E-state index contributed by atoms with van der Waals surface area (Å²) in [5.41, 5.74) is 8.72. The van der Waals surface area contributed by atoms with E-state index in [0.29, 0.717) is 6.04 Å². The summed E-state index contributed by atoms with van der Waals surface area (Å²) in [6.07, 6.45) is 2.43. The van der Waals surface area contributed by atoms with E-state index in [2.05, 4.69) is 36.1 Å². The van der Waals surface area contributed by atoms with Crippen LogP contribution in [0.4, 0.5) is 0 Å². The second-order valence-corrected chi connectivity index (χ2v) is 4.63. The molecule has 1 heterocycles. The van der Waals surface area contributed by atoms with Gasteiger partial charge in [0, 0.05) is 19.1 Å². The van der Waals surface area contributed by atoms with Crippen molar-refractivity contribution in [3.63, 3.8) is 0 Å². The van der Waals surface area contributed by atoms with Gasteiger partial charge in [-0.3, -0.25) is 4.90 Å². The highest BCUT2D eigenvalue weighted by molar-refractivity contribution is 5.22. The van der Waals surface area contributed by atoms with Gasteiger partial charge in [-0.25, -0.2) is 0 Å². The summed E-state index contributed by atoms with van der Waals surface area (Å²) in [6.45, 7) is 5.44. The third kappa shape index (κ3) is 3.05. The standard InChI is InChI=1S/C13H20N2/c1-11-4-2-5-12(8-11)9-15-7-3-6-13(14)10-15/h2,4-5,8,13H,3,6-7,9-10,14H2,1H3/t13-/m1/s1. The van der Waals surface area contributed by atoms with E-state index in [-0.39, 0.29) is 0 Å². The zero-order valence-electron chi connectivity index (χ0n) is 9.45. The number of piperidine rings is 1. The fourth-order valence-corrected chi connectivity index (χ4v) is 2.30. The highest BCUT2D eigenvalue weighted by atomic mass is 15.1. The zero-order chi connectivity index (χ0) is 10.7. The number of rotatable bonds is 2. The molecule has 1 saturated heterocycles. The minimum Gasteiger partial charge on any atom is -0.327 e. The summed E-state index contributed by atoms with van der Waals surface area (Å²) in [7, 11) is 0. The van der Waals surface area contributed by atoms with E-state index in [9.17, 15) is 0 Å². The normalized spacial score (nSPS) is 22.9. The van der Waals surface area contributed by atoms with Crippen LogP contribution < -0.4 is 5.73 Å². The topological polar surface area (TPSA) is 29.3 Å². The van der Waals surface area contributed by atoms with Gasteiger partial charge in [0.2, 0.25) is 0 Å². The molecule has 1 aliphatic rings. The molecule has 2 rings (SSSR count). The van der Waals surface area contributed by atoms with Crippen molar-refractivity contribution < 1.29 is 0 Å². The third-order valence-electron chi connectivity index (χ3n) is 3.03. The Morgan fingerprint density at radius 2 is 2.33 bits per heavy atom. The molecule has 0 amide bonds. The Balaban J connectivity index is 1.96. The lowest BCUT2D eigenvalue weighted by Gasteiger charge is -2.30. The maximum Gasteiger partial charge on any atom is 0.0234 e. The van der Waals surface area contributed by atoms with Crippen LogP contribution in [0.1, 0.15) is 24.0 Å². The van der Waals surface area contributed by atoms with Crippen molar-refractivity contribution in [1.29, 1.82) is 0 Å². The molecule has 15 heavy (non-hydrogen) atoms. The van der Waals surface area contributed by atoms with Crippen molar-refractivity contribution in [2.45, 2.75) is 32.4 Å². The van der Waals surface area contributed by atoms with Crippen molar-refractivity contribution in [3.05, 3.63) is 35.4 Å². The Labute approximate surface area is 92.1 Å². The van der Waals surface area contributed by atoms with E-state index < -0.39 is 0 Å². The molecule has 1 aliphatic heterocycles. The van der Waals surface area contributed by atoms with Crippen LogP contribution in [0.3, 0.4) is 0 Å². The Bertz CT molecular complexity index is 322. The molecule has 2 nitrogen and oxygen atoms in total. The van der Waals surface area contributed by atoms with Gasteiger partial charge in [0.25, 0.3) is 0 Å². The van der Waals surface area contributed by atoms with Gasteiger partial charge in [-0.1, -0.05) is 29.8 Å². The molecule has 1 fully saturated rings. The van der Waals surface area contributed by atoms with Crippen molar-refractivity contribution in [3.8, 4) is 0 Å². The van der Waals surface area contributed by atoms with Crippen molar-refractivity contribution >= 4 is 0 Å². The Kier molecular flexibility index (Phi) is 3.39. The number of likely N-dealkylation sites (tertiary alicyclic amines) is 1. The second kappa shape index (κ2) is 4.77. The van der Waals surface area contributed by atoms with Gasteiger partial charge in [0.15, 0.2) is 0 Å². The van der Waals surface area contributed by atoms with Gasteiger partial charge in [-0.15, -0.1) is 0 Å². The zero-order valence-corrected chi connectivity index (χ0v) is 9.45. The van der Waals surface area contributed by atoms with Crippen LogP contribution in [0, 0.1) is 6.92 Å². The first kappa shape index (κ1) is 10.7. The molecular formula is C13H20N2. The molecule has 0 saturated carbocycles. The summed E-state index contributed by atoms with van der Waals surface area (Å²) in [4.78, 5) is 2.46. The Morgan fingerprint density at radius 3 is 3.07 bits per heavy atom. The van der Waals surface area contributed by atoms with E-state index in [0.717, 1.165) is 13.1 Å². The van der Waals surface area contributed by atoms with E-state index >= 15 is 0 Å². The van der Waals surface area contributed by atoms with Gasteiger partial charge >= 0.3 is 0 Å². The maximum absolute atomic E-state index is 5.97. The van der Waals surface area contributed by atoms with Crippen molar-refractivity contribution in [2.24, 2.45) is 5.73 Å². The van der Waals surface area contributed by atoms with E-state index in [1.54, 1.807) is 0 Å². The van der Waals surface area contributed by atoms with Crippen LogP contribution in [0.2, 0.25) is 0 Å². The number of nitrogens with zero attached hydrogens (tertiary/aromatic N) is 1. The lowest BCUT2D eigenvalue weighted by Crippen LogP contribution is -2.42. The van der Waals surface area contributed by atoms with Crippen LogP contribution in [0.25, 0.3) is 0 Å². The lowest BCUT2D eigenvalue weighted by atomic mass is 10.1. The number of nitrogens with two attached hydrogens (primary N) is 1. The molecule has 0 spiro atoms. The molecule has 1 aromatic carbocycles. The minimum atomic E-state index is 0.378. The van der Waals surface area contributed by atoms with Crippen LogP contribution in [0.5, 0.6) is 0 Å². The van der Waals surface area contributed by atoms with Crippen LogP contribution in [-0.2, 0) is 6.54 Å². The predicted molar refractivity (Wildman–Crippen MR) is 63.7 cm³/mol. The number of aryl methyl sites for hydroxylation is 1. The van der Waals surface area contributed by atoms with Gasteiger partial charge in [0.05, 0.1) is 0 Å². The molecule has 2 heteroatoms. The number of hydrogen-bond acceptors (Lipinski definition) is 2. The smallest absolute Gasteiger partial charge is 0.0234 e. The quantitative estimate of drug-likeness (QED) is 0.797. The summed E-state index contributed by atoms with van der Waals surface area (Å²) < 4.78 is 0. The molecule has 0 aromatic heterocycles. The SMILES string of the molecule is Cc1cccc(CN2CCC[C@@H](N)C2)c1. The molecule has 1 aromatic rings. The summed E-state index contributed by atoms with van der Waals surface area (Å²) in [5.74, 6) is 0. The van der Waals surface area contributed by atoms with E-state index in [1.807, 2.05) is 0 Å². The van der Waals surface area contributed by atoms with E-state index in [1.165, 1.54) is 30.5 Å². The first-order chi connectivity index (χ1) is 7.24. The molecule has 1 atom stereocenters. The monoisotopic (exact) mass is 204 g/mol.